The summed E-state index contributed by atoms with van der Waals surface area (Å²) < 4.78 is 13.2. The minimum absolute atomic E-state index is 0.0356. The first-order valence-corrected chi connectivity index (χ1v) is 4.74. The number of carboxylic acids is 1. The second-order valence-corrected chi connectivity index (χ2v) is 3.52. The maximum Gasteiger partial charge on any atom is 0.335 e. The number of aliphatic hydroxyl groups is 2. The lowest BCUT2D eigenvalue weighted by Gasteiger charge is -2.15. The third-order valence-corrected chi connectivity index (χ3v) is 2.26. The molecular formula is C11H11FO5. The van der Waals surface area contributed by atoms with E-state index < -0.39 is 29.8 Å². The van der Waals surface area contributed by atoms with E-state index in [0.717, 1.165) is 25.1 Å². The molecule has 5 nitrogen and oxygen atoms in total. The highest BCUT2D eigenvalue weighted by Crippen LogP contribution is 2.20. The third-order valence-electron chi connectivity index (χ3n) is 2.26. The van der Waals surface area contributed by atoms with Crippen LogP contribution in [0.4, 0.5) is 4.39 Å². The van der Waals surface area contributed by atoms with Gasteiger partial charge >= 0.3 is 5.97 Å². The monoisotopic (exact) mass is 242 g/mol. The third kappa shape index (κ3) is 2.86. The van der Waals surface area contributed by atoms with Gasteiger partial charge in [0.25, 0.3) is 0 Å². The molecule has 0 aliphatic carbocycles. The van der Waals surface area contributed by atoms with Gasteiger partial charge in [0.15, 0.2) is 11.9 Å². The standard InChI is InChI=1S/C11H11FO5/c1-5(13)7-4-6(2-3-8(7)12)9(14)10(15)11(16)17/h2-4,9-10,14-15H,1H3,(H,16,17). The van der Waals surface area contributed by atoms with Crippen LogP contribution in [-0.2, 0) is 4.79 Å². The molecule has 0 radical (unpaired) electrons. The van der Waals surface area contributed by atoms with E-state index >= 15 is 0 Å². The van der Waals surface area contributed by atoms with Crippen molar-refractivity contribution < 1.29 is 29.3 Å². The summed E-state index contributed by atoms with van der Waals surface area (Å²) in [7, 11) is 0. The number of carboxylic acid groups (broad SMARTS) is 1. The predicted molar refractivity (Wildman–Crippen MR) is 55.0 cm³/mol. The molecule has 0 heterocycles. The molecule has 1 aromatic rings. The molecule has 0 saturated carbocycles. The Labute approximate surface area is 96.1 Å². The number of benzene rings is 1. The number of halogens is 1. The van der Waals surface area contributed by atoms with Gasteiger partial charge in [0.2, 0.25) is 0 Å². The van der Waals surface area contributed by atoms with Crippen molar-refractivity contribution in [2.45, 2.75) is 19.1 Å². The first-order valence-electron chi connectivity index (χ1n) is 4.74. The minimum atomic E-state index is -2.03. The van der Waals surface area contributed by atoms with Crippen molar-refractivity contribution in [2.24, 2.45) is 0 Å². The zero-order chi connectivity index (χ0) is 13.2. The van der Waals surface area contributed by atoms with Crippen molar-refractivity contribution in [3.63, 3.8) is 0 Å². The molecule has 0 amide bonds. The quantitative estimate of drug-likeness (QED) is 0.668. The van der Waals surface area contributed by atoms with Crippen molar-refractivity contribution >= 4 is 11.8 Å². The molecule has 2 atom stereocenters. The number of carbonyl (C=O) groups excluding carboxylic acids is 1. The lowest BCUT2D eigenvalue weighted by atomic mass is 10.0. The van der Waals surface area contributed by atoms with Crippen LogP contribution in [0.3, 0.4) is 0 Å². The Morgan fingerprint density at radius 2 is 1.88 bits per heavy atom. The van der Waals surface area contributed by atoms with Crippen LogP contribution >= 0.6 is 0 Å². The fraction of sp³-hybridized carbons (Fsp3) is 0.273. The van der Waals surface area contributed by atoms with Gasteiger partial charge in [-0.3, -0.25) is 4.79 Å². The van der Waals surface area contributed by atoms with Crippen LogP contribution in [0.5, 0.6) is 0 Å². The molecule has 0 fully saturated rings. The number of ketones is 1. The Morgan fingerprint density at radius 1 is 1.29 bits per heavy atom. The largest absolute Gasteiger partial charge is 0.479 e. The Kier molecular flexibility index (Phi) is 3.93. The molecule has 2 unspecified atom stereocenters. The van der Waals surface area contributed by atoms with Crippen LogP contribution in [0.15, 0.2) is 18.2 Å². The van der Waals surface area contributed by atoms with E-state index in [1.165, 1.54) is 0 Å². The number of Topliss-reactive ketones (excluding diaryl/α,β-unsaturated/α-hetero) is 1. The summed E-state index contributed by atoms with van der Waals surface area (Å²) in [6.45, 7) is 1.14. The van der Waals surface area contributed by atoms with Crippen molar-refractivity contribution in [1.82, 2.24) is 0 Å². The smallest absolute Gasteiger partial charge is 0.335 e. The zero-order valence-electron chi connectivity index (χ0n) is 8.92. The van der Waals surface area contributed by atoms with Gasteiger partial charge in [-0.1, -0.05) is 6.07 Å². The van der Waals surface area contributed by atoms with Crippen LogP contribution in [0.2, 0.25) is 0 Å². The van der Waals surface area contributed by atoms with Crippen molar-refractivity contribution in [1.29, 1.82) is 0 Å². The van der Waals surface area contributed by atoms with E-state index in [4.69, 9.17) is 10.2 Å². The van der Waals surface area contributed by atoms with E-state index in [1.54, 1.807) is 0 Å². The van der Waals surface area contributed by atoms with Gasteiger partial charge in [-0.25, -0.2) is 9.18 Å². The summed E-state index contributed by atoms with van der Waals surface area (Å²) in [5.41, 5.74) is -0.300. The first-order chi connectivity index (χ1) is 7.84. The average Bonchev–Trinajstić information content (AvgIpc) is 2.27. The molecule has 0 aliphatic rings. The fourth-order valence-electron chi connectivity index (χ4n) is 1.31. The summed E-state index contributed by atoms with van der Waals surface area (Å²) in [5, 5.41) is 27.1. The molecule has 0 aliphatic heterocycles. The SMILES string of the molecule is CC(=O)c1cc(C(O)C(O)C(=O)O)ccc1F. The van der Waals surface area contributed by atoms with Gasteiger partial charge in [0, 0.05) is 0 Å². The van der Waals surface area contributed by atoms with Gasteiger partial charge in [0.1, 0.15) is 11.9 Å². The van der Waals surface area contributed by atoms with Crippen molar-refractivity contribution in [3.05, 3.63) is 35.1 Å². The van der Waals surface area contributed by atoms with Crippen LogP contribution in [0, 0.1) is 5.82 Å². The minimum Gasteiger partial charge on any atom is -0.479 e. The highest BCUT2D eigenvalue weighted by atomic mass is 19.1. The lowest BCUT2D eigenvalue weighted by molar-refractivity contribution is -0.153. The lowest BCUT2D eigenvalue weighted by Crippen LogP contribution is -2.27. The Balaban J connectivity index is 3.11. The summed E-state index contributed by atoms with van der Waals surface area (Å²) in [5.74, 6) is -2.93. The molecule has 17 heavy (non-hydrogen) atoms. The zero-order valence-corrected chi connectivity index (χ0v) is 8.92. The summed E-state index contributed by atoms with van der Waals surface area (Å²) in [4.78, 5) is 21.5. The number of aliphatic carboxylic acids is 1. The summed E-state index contributed by atoms with van der Waals surface area (Å²) >= 11 is 0. The van der Waals surface area contributed by atoms with Crippen LogP contribution in [0.1, 0.15) is 28.9 Å². The van der Waals surface area contributed by atoms with E-state index in [-0.39, 0.29) is 11.1 Å². The molecule has 1 aromatic carbocycles. The normalized spacial score (nSPS) is 14.1. The maximum absolute atomic E-state index is 13.2. The average molecular weight is 242 g/mol. The molecule has 3 N–H and O–H groups in total. The van der Waals surface area contributed by atoms with Gasteiger partial charge < -0.3 is 15.3 Å². The number of hydrogen-bond acceptors (Lipinski definition) is 4. The number of rotatable bonds is 4. The fourth-order valence-corrected chi connectivity index (χ4v) is 1.31. The molecule has 1 rings (SSSR count). The van der Waals surface area contributed by atoms with Gasteiger partial charge in [0.05, 0.1) is 5.56 Å². The van der Waals surface area contributed by atoms with Crippen molar-refractivity contribution in [3.8, 4) is 0 Å². The molecule has 0 saturated heterocycles. The Hall–Kier alpha value is -1.79. The molecule has 92 valence electrons. The summed E-state index contributed by atoms with van der Waals surface area (Å²) in [6.07, 6.45) is -3.74. The van der Waals surface area contributed by atoms with E-state index in [1.807, 2.05) is 0 Å². The van der Waals surface area contributed by atoms with Crippen LogP contribution < -0.4 is 0 Å². The molecule has 0 aromatic heterocycles. The second kappa shape index (κ2) is 5.03. The van der Waals surface area contributed by atoms with Gasteiger partial charge in [-0.15, -0.1) is 0 Å². The topological polar surface area (TPSA) is 94.8 Å². The van der Waals surface area contributed by atoms with E-state index in [0.29, 0.717) is 0 Å². The highest BCUT2D eigenvalue weighted by molar-refractivity contribution is 5.94. The van der Waals surface area contributed by atoms with E-state index in [2.05, 4.69) is 0 Å². The molecule has 6 heteroatoms. The predicted octanol–water partition coefficient (Wildman–Crippen LogP) is 0.507. The van der Waals surface area contributed by atoms with E-state index in [9.17, 15) is 19.1 Å². The van der Waals surface area contributed by atoms with Crippen LogP contribution in [-0.4, -0.2) is 33.2 Å². The molecule has 0 spiro atoms. The second-order valence-electron chi connectivity index (χ2n) is 3.52. The Bertz CT molecular complexity index is 457. The van der Waals surface area contributed by atoms with Crippen molar-refractivity contribution in [2.75, 3.05) is 0 Å². The van der Waals surface area contributed by atoms with Gasteiger partial charge in [-0.05, 0) is 24.6 Å². The molecule has 0 bridgehead atoms. The number of hydrogen-bond donors (Lipinski definition) is 3. The molecular weight excluding hydrogens is 231 g/mol. The maximum atomic E-state index is 13.2. The van der Waals surface area contributed by atoms with Gasteiger partial charge in [-0.2, -0.15) is 0 Å². The number of aliphatic hydroxyl groups excluding tert-OH is 2. The Morgan fingerprint density at radius 3 is 2.35 bits per heavy atom. The summed E-state index contributed by atoms with van der Waals surface area (Å²) in [6, 6.07) is 3.07. The first kappa shape index (κ1) is 13.3. The highest BCUT2D eigenvalue weighted by Gasteiger charge is 2.26. The number of carbonyl (C=O) groups is 2. The van der Waals surface area contributed by atoms with Crippen LogP contribution in [0.25, 0.3) is 0 Å².